The van der Waals surface area contributed by atoms with Gasteiger partial charge in [-0.05, 0) is 12.0 Å². The quantitative estimate of drug-likeness (QED) is 0.570. The molecule has 0 atom stereocenters. The molecule has 0 aliphatic carbocycles. The highest BCUT2D eigenvalue weighted by Crippen LogP contribution is 2.04. The molecule has 0 saturated heterocycles. The van der Waals surface area contributed by atoms with Crippen molar-refractivity contribution in [3.8, 4) is 0 Å². The molecule has 0 radical (unpaired) electrons. The smallest absolute Gasteiger partial charge is 0.00948 e. The third-order valence-electron chi connectivity index (χ3n) is 1.36. The van der Waals surface area contributed by atoms with E-state index < -0.39 is 0 Å². The maximum absolute atomic E-state index is 4.67. The first-order valence-corrected chi connectivity index (χ1v) is 6.53. The summed E-state index contributed by atoms with van der Waals surface area (Å²) < 4.78 is 4.67. The van der Waals surface area contributed by atoms with E-state index in [0.717, 1.165) is 6.42 Å². The minimum Gasteiger partial charge on any atom is -0.248 e. The van der Waals surface area contributed by atoms with Crippen LogP contribution >= 0.6 is 24.1 Å². The second-order valence-electron chi connectivity index (χ2n) is 2.38. The first-order valence-electron chi connectivity index (χ1n) is 4.23. The fourth-order valence-electron chi connectivity index (χ4n) is 0.849. The molecule has 0 N–H and O–H groups in total. The average molecular weight is 228 g/mol. The molecule has 0 heterocycles. The lowest BCUT2D eigenvalue weighted by molar-refractivity contribution is 0.769. The Bertz CT molecular complexity index is 222. The van der Waals surface area contributed by atoms with Crippen LogP contribution in [0, 0.1) is 0 Å². The number of hydrogen-bond acceptors (Lipinski definition) is 3. The first kappa shape index (κ1) is 13.6. The van der Waals surface area contributed by atoms with Crippen LogP contribution in [-0.4, -0.2) is 12.5 Å². The normalized spacial score (nSPS) is 8.71. The van der Waals surface area contributed by atoms with Gasteiger partial charge in [-0.25, -0.2) is 3.63 Å². The van der Waals surface area contributed by atoms with Crippen molar-refractivity contribution in [3.63, 3.8) is 0 Å². The molecule has 0 aliphatic rings. The molecule has 1 aromatic rings. The standard InChI is InChI=1S/C9H10.C2H6OS2/c1-2-6-9-7-4-3-5-8-9;1-4-3-5-2/h2-5,7-8H,1,6H2;1-2H3. The van der Waals surface area contributed by atoms with Crippen molar-refractivity contribution < 1.29 is 3.63 Å². The molecule has 78 valence electrons. The molecule has 0 saturated carbocycles. The zero-order valence-electron chi connectivity index (χ0n) is 8.60. The van der Waals surface area contributed by atoms with Crippen molar-refractivity contribution in [1.82, 2.24) is 0 Å². The SMILES string of the molecule is C=CCc1ccccc1.CSOSC. The molecule has 1 aromatic carbocycles. The molecular weight excluding hydrogens is 212 g/mol. The Morgan fingerprint density at radius 2 is 1.79 bits per heavy atom. The van der Waals surface area contributed by atoms with E-state index in [4.69, 9.17) is 0 Å². The summed E-state index contributed by atoms with van der Waals surface area (Å²) in [5, 5.41) is 0. The largest absolute Gasteiger partial charge is 0.248 e. The Morgan fingerprint density at radius 1 is 1.21 bits per heavy atom. The molecular formula is C11H16OS2. The Hall–Kier alpha value is -0.380. The van der Waals surface area contributed by atoms with Crippen LogP contribution in [0.5, 0.6) is 0 Å². The van der Waals surface area contributed by atoms with E-state index in [9.17, 15) is 0 Å². The molecule has 14 heavy (non-hydrogen) atoms. The third kappa shape index (κ3) is 8.23. The van der Waals surface area contributed by atoms with E-state index >= 15 is 0 Å². The van der Waals surface area contributed by atoms with Gasteiger partial charge in [-0.2, -0.15) is 0 Å². The van der Waals surface area contributed by atoms with Crippen LogP contribution in [0.25, 0.3) is 0 Å². The van der Waals surface area contributed by atoms with Crippen LogP contribution < -0.4 is 0 Å². The van der Waals surface area contributed by atoms with Crippen LogP contribution in [0.3, 0.4) is 0 Å². The highest BCUT2D eigenvalue weighted by atomic mass is 32.2. The summed E-state index contributed by atoms with van der Waals surface area (Å²) in [5.74, 6) is 0. The topological polar surface area (TPSA) is 9.23 Å². The summed E-state index contributed by atoms with van der Waals surface area (Å²) in [7, 11) is 0. The molecule has 3 heteroatoms. The molecule has 0 spiro atoms. The summed E-state index contributed by atoms with van der Waals surface area (Å²) in [6.45, 7) is 3.66. The highest BCUT2D eigenvalue weighted by Gasteiger charge is 1.82. The van der Waals surface area contributed by atoms with Gasteiger partial charge in [-0.3, -0.25) is 0 Å². The number of allylic oxidation sites excluding steroid dienone is 1. The van der Waals surface area contributed by atoms with Gasteiger partial charge in [0, 0.05) is 36.6 Å². The lowest BCUT2D eigenvalue weighted by Gasteiger charge is -1.91. The van der Waals surface area contributed by atoms with Crippen LogP contribution in [0.2, 0.25) is 0 Å². The van der Waals surface area contributed by atoms with Crippen molar-refractivity contribution in [1.29, 1.82) is 0 Å². The lowest BCUT2D eigenvalue weighted by atomic mass is 10.2. The zero-order chi connectivity index (χ0) is 10.6. The van der Waals surface area contributed by atoms with Crippen molar-refractivity contribution in [2.45, 2.75) is 6.42 Å². The summed E-state index contributed by atoms with van der Waals surface area (Å²) in [6, 6.07) is 10.3. The van der Waals surface area contributed by atoms with Gasteiger partial charge in [0.25, 0.3) is 0 Å². The van der Waals surface area contributed by atoms with Crippen molar-refractivity contribution in [3.05, 3.63) is 48.6 Å². The van der Waals surface area contributed by atoms with Crippen molar-refractivity contribution in [2.24, 2.45) is 0 Å². The molecule has 0 fully saturated rings. The van der Waals surface area contributed by atoms with Crippen molar-refractivity contribution >= 4 is 24.1 Å². The van der Waals surface area contributed by atoms with Gasteiger partial charge in [-0.15, -0.1) is 6.58 Å². The second-order valence-corrected chi connectivity index (χ2v) is 3.59. The Balaban J connectivity index is 0.000000292. The van der Waals surface area contributed by atoms with E-state index in [1.807, 2.05) is 36.8 Å². The summed E-state index contributed by atoms with van der Waals surface area (Å²) >= 11 is 2.73. The summed E-state index contributed by atoms with van der Waals surface area (Å²) in [6.07, 6.45) is 6.66. The van der Waals surface area contributed by atoms with Gasteiger partial charge in [0.15, 0.2) is 0 Å². The average Bonchev–Trinajstić information content (AvgIpc) is 2.22. The fourth-order valence-corrected chi connectivity index (χ4v) is 1.39. The molecule has 0 amide bonds. The molecule has 1 rings (SSSR count). The number of hydrogen-bond donors (Lipinski definition) is 0. The van der Waals surface area contributed by atoms with Gasteiger partial charge < -0.3 is 0 Å². The van der Waals surface area contributed by atoms with Crippen LogP contribution in [0.4, 0.5) is 0 Å². The molecule has 0 bridgehead atoms. The fraction of sp³-hybridized carbons (Fsp3) is 0.273. The van der Waals surface area contributed by atoms with Crippen LogP contribution in [0.1, 0.15) is 5.56 Å². The van der Waals surface area contributed by atoms with E-state index in [1.54, 1.807) is 0 Å². The minimum atomic E-state index is 0.973. The number of benzene rings is 1. The molecule has 1 nitrogen and oxygen atoms in total. The van der Waals surface area contributed by atoms with Crippen LogP contribution in [-0.2, 0) is 10.1 Å². The predicted molar refractivity (Wildman–Crippen MR) is 68.5 cm³/mol. The van der Waals surface area contributed by atoms with E-state index in [2.05, 4.69) is 22.3 Å². The van der Waals surface area contributed by atoms with E-state index in [0.29, 0.717) is 0 Å². The summed E-state index contributed by atoms with van der Waals surface area (Å²) in [4.78, 5) is 0. The Kier molecular flexibility index (Phi) is 10.4. The Morgan fingerprint density at radius 3 is 2.14 bits per heavy atom. The third-order valence-corrected chi connectivity index (χ3v) is 2.45. The molecule has 0 aromatic heterocycles. The van der Waals surface area contributed by atoms with Crippen molar-refractivity contribution in [2.75, 3.05) is 12.5 Å². The molecule has 0 unspecified atom stereocenters. The second kappa shape index (κ2) is 10.7. The maximum Gasteiger partial charge on any atom is 0.00948 e. The predicted octanol–water partition coefficient (Wildman–Crippen LogP) is 3.97. The lowest BCUT2D eigenvalue weighted by Crippen LogP contribution is -1.75. The minimum absolute atomic E-state index is 0.973. The maximum atomic E-state index is 4.67. The first-order chi connectivity index (χ1) is 6.85. The monoisotopic (exact) mass is 228 g/mol. The Labute approximate surface area is 95.4 Å². The number of rotatable bonds is 4. The molecule has 0 aliphatic heterocycles. The van der Waals surface area contributed by atoms with Gasteiger partial charge in [-0.1, -0.05) is 36.4 Å². The van der Waals surface area contributed by atoms with Gasteiger partial charge in [0.05, 0.1) is 0 Å². The zero-order valence-corrected chi connectivity index (χ0v) is 10.2. The van der Waals surface area contributed by atoms with Gasteiger partial charge in [0.2, 0.25) is 0 Å². The highest BCUT2D eigenvalue weighted by molar-refractivity contribution is 8.07. The van der Waals surface area contributed by atoms with E-state index in [1.165, 1.54) is 29.6 Å². The van der Waals surface area contributed by atoms with Gasteiger partial charge >= 0.3 is 0 Å². The van der Waals surface area contributed by atoms with Crippen LogP contribution in [0.15, 0.2) is 43.0 Å². The van der Waals surface area contributed by atoms with Gasteiger partial charge in [0.1, 0.15) is 0 Å². The summed E-state index contributed by atoms with van der Waals surface area (Å²) in [5.41, 5.74) is 1.33. The van der Waals surface area contributed by atoms with E-state index in [-0.39, 0.29) is 0 Å².